The standard InChI is InChI=1S/C8H16BrO3P/c1-3-11-13(10,12-4-2)8-6-5-7-9/h5-6H,3-4,7-8H2,1-2H3. The molecule has 0 aliphatic heterocycles. The summed E-state index contributed by atoms with van der Waals surface area (Å²) in [5, 5.41) is 0.755. The number of halogens is 1. The summed E-state index contributed by atoms with van der Waals surface area (Å²) in [7, 11) is -2.86. The average Bonchev–Trinajstić information content (AvgIpc) is 2.05. The van der Waals surface area contributed by atoms with Gasteiger partial charge in [0.25, 0.3) is 0 Å². The van der Waals surface area contributed by atoms with Gasteiger partial charge in [-0.15, -0.1) is 0 Å². The Labute approximate surface area is 88.2 Å². The molecule has 0 radical (unpaired) electrons. The van der Waals surface area contributed by atoms with Crippen molar-refractivity contribution in [2.24, 2.45) is 0 Å². The van der Waals surface area contributed by atoms with E-state index in [-0.39, 0.29) is 0 Å². The molecule has 0 amide bonds. The number of hydrogen-bond donors (Lipinski definition) is 0. The van der Waals surface area contributed by atoms with Gasteiger partial charge < -0.3 is 9.05 Å². The molecule has 3 nitrogen and oxygen atoms in total. The van der Waals surface area contributed by atoms with Gasteiger partial charge in [-0.1, -0.05) is 28.1 Å². The first-order valence-electron chi connectivity index (χ1n) is 4.27. The molecule has 0 aromatic rings. The van der Waals surface area contributed by atoms with Gasteiger partial charge in [0.15, 0.2) is 0 Å². The molecule has 0 N–H and O–H groups in total. The van der Waals surface area contributed by atoms with Crippen LogP contribution < -0.4 is 0 Å². The second-order valence-corrected chi connectivity index (χ2v) is 5.01. The molecule has 5 heteroatoms. The van der Waals surface area contributed by atoms with Gasteiger partial charge >= 0.3 is 7.60 Å². The van der Waals surface area contributed by atoms with E-state index in [0.717, 1.165) is 5.33 Å². The summed E-state index contributed by atoms with van der Waals surface area (Å²) in [4.78, 5) is 0. The summed E-state index contributed by atoms with van der Waals surface area (Å²) in [5.74, 6) is 0. The lowest BCUT2D eigenvalue weighted by molar-refractivity contribution is 0.222. The molecule has 0 saturated carbocycles. The fourth-order valence-corrected chi connectivity index (χ4v) is 2.55. The van der Waals surface area contributed by atoms with Gasteiger partial charge in [0.2, 0.25) is 0 Å². The highest BCUT2D eigenvalue weighted by Crippen LogP contribution is 2.47. The van der Waals surface area contributed by atoms with E-state index in [9.17, 15) is 4.57 Å². The van der Waals surface area contributed by atoms with Crippen LogP contribution in [-0.2, 0) is 13.6 Å². The van der Waals surface area contributed by atoms with E-state index < -0.39 is 7.60 Å². The maximum absolute atomic E-state index is 11.8. The Bertz CT molecular complexity index is 184. The van der Waals surface area contributed by atoms with Crippen LogP contribution in [0.15, 0.2) is 12.2 Å². The predicted octanol–water partition coefficient (Wildman–Crippen LogP) is 3.20. The summed E-state index contributed by atoms with van der Waals surface area (Å²) in [6.45, 7) is 4.44. The minimum Gasteiger partial charge on any atom is -0.309 e. The van der Waals surface area contributed by atoms with Crippen molar-refractivity contribution in [3.63, 3.8) is 0 Å². The van der Waals surface area contributed by atoms with Gasteiger partial charge in [0.1, 0.15) is 0 Å². The average molecular weight is 271 g/mol. The van der Waals surface area contributed by atoms with Crippen molar-refractivity contribution in [3.05, 3.63) is 12.2 Å². The number of alkyl halides is 1. The van der Waals surface area contributed by atoms with Crippen molar-refractivity contribution < 1.29 is 13.6 Å². The Balaban J connectivity index is 4.07. The van der Waals surface area contributed by atoms with Gasteiger partial charge in [-0.25, -0.2) is 0 Å². The van der Waals surface area contributed by atoms with Gasteiger partial charge in [-0.05, 0) is 13.8 Å². The Hall–Kier alpha value is 0.370. The lowest BCUT2D eigenvalue weighted by Gasteiger charge is -2.14. The quantitative estimate of drug-likeness (QED) is 0.405. The molecule has 0 aliphatic rings. The predicted molar refractivity (Wildman–Crippen MR) is 58.7 cm³/mol. The maximum atomic E-state index is 11.8. The van der Waals surface area contributed by atoms with E-state index in [2.05, 4.69) is 15.9 Å². The van der Waals surface area contributed by atoms with Gasteiger partial charge in [-0.3, -0.25) is 4.57 Å². The largest absolute Gasteiger partial charge is 0.334 e. The van der Waals surface area contributed by atoms with Crippen molar-refractivity contribution in [2.45, 2.75) is 13.8 Å². The third kappa shape index (κ3) is 6.44. The number of allylic oxidation sites excluding steroid dienone is 2. The van der Waals surface area contributed by atoms with Crippen LogP contribution in [0.2, 0.25) is 0 Å². The van der Waals surface area contributed by atoms with Crippen molar-refractivity contribution in [1.82, 2.24) is 0 Å². The molecule has 0 saturated heterocycles. The zero-order valence-electron chi connectivity index (χ0n) is 8.03. The van der Waals surface area contributed by atoms with Crippen molar-refractivity contribution >= 4 is 23.5 Å². The molecule has 0 aromatic carbocycles. The van der Waals surface area contributed by atoms with Crippen molar-refractivity contribution in [1.29, 1.82) is 0 Å². The fraction of sp³-hybridized carbons (Fsp3) is 0.750. The van der Waals surface area contributed by atoms with Crippen LogP contribution in [0.1, 0.15) is 13.8 Å². The molecule has 0 aromatic heterocycles. The number of rotatable bonds is 7. The summed E-state index contributed by atoms with van der Waals surface area (Å²) >= 11 is 3.24. The van der Waals surface area contributed by atoms with E-state index in [1.54, 1.807) is 19.9 Å². The first-order valence-corrected chi connectivity index (χ1v) is 7.12. The maximum Gasteiger partial charge on any atom is 0.334 e. The second-order valence-electron chi connectivity index (χ2n) is 2.25. The van der Waals surface area contributed by atoms with E-state index in [1.807, 2.05) is 6.08 Å². The molecule has 0 atom stereocenters. The highest BCUT2D eigenvalue weighted by atomic mass is 79.9. The lowest BCUT2D eigenvalue weighted by Crippen LogP contribution is -1.98. The zero-order valence-corrected chi connectivity index (χ0v) is 10.5. The van der Waals surface area contributed by atoms with Gasteiger partial charge in [0.05, 0.1) is 19.4 Å². The molecule has 0 bridgehead atoms. The summed E-state index contributed by atoms with van der Waals surface area (Å²) < 4.78 is 21.9. The van der Waals surface area contributed by atoms with E-state index in [4.69, 9.17) is 9.05 Å². The van der Waals surface area contributed by atoms with E-state index in [1.165, 1.54) is 0 Å². The molecule has 78 valence electrons. The Morgan fingerprint density at radius 1 is 1.23 bits per heavy atom. The van der Waals surface area contributed by atoms with Gasteiger partial charge in [0, 0.05) is 5.33 Å². The third-order valence-electron chi connectivity index (χ3n) is 1.24. The van der Waals surface area contributed by atoms with E-state index >= 15 is 0 Å². The first-order chi connectivity index (χ1) is 6.18. The minimum atomic E-state index is -2.86. The van der Waals surface area contributed by atoms with Crippen LogP contribution in [0.4, 0.5) is 0 Å². The van der Waals surface area contributed by atoms with Crippen LogP contribution in [-0.4, -0.2) is 24.7 Å². The zero-order chi connectivity index (χ0) is 10.2. The van der Waals surface area contributed by atoms with Crippen molar-refractivity contribution in [2.75, 3.05) is 24.7 Å². The summed E-state index contributed by atoms with van der Waals surface area (Å²) in [6, 6.07) is 0. The second kappa shape index (κ2) is 7.74. The minimum absolute atomic E-state index is 0.347. The highest BCUT2D eigenvalue weighted by Gasteiger charge is 2.20. The molecule has 0 spiro atoms. The summed E-state index contributed by atoms with van der Waals surface area (Å²) in [6.07, 6.45) is 4.03. The van der Waals surface area contributed by atoms with Gasteiger partial charge in [-0.2, -0.15) is 0 Å². The SMILES string of the molecule is CCOP(=O)(CC=CCBr)OCC. The Morgan fingerprint density at radius 2 is 1.77 bits per heavy atom. The van der Waals surface area contributed by atoms with E-state index in [0.29, 0.717) is 19.4 Å². The van der Waals surface area contributed by atoms with Crippen LogP contribution in [0.25, 0.3) is 0 Å². The topological polar surface area (TPSA) is 35.5 Å². The number of hydrogen-bond acceptors (Lipinski definition) is 3. The van der Waals surface area contributed by atoms with Crippen LogP contribution in [0.3, 0.4) is 0 Å². The van der Waals surface area contributed by atoms with Crippen LogP contribution in [0, 0.1) is 0 Å². The Kier molecular flexibility index (Phi) is 7.96. The molecule has 0 aliphatic carbocycles. The molecule has 0 rings (SSSR count). The van der Waals surface area contributed by atoms with Crippen LogP contribution in [0.5, 0.6) is 0 Å². The van der Waals surface area contributed by atoms with Crippen LogP contribution >= 0.6 is 23.5 Å². The van der Waals surface area contributed by atoms with Crippen molar-refractivity contribution in [3.8, 4) is 0 Å². The lowest BCUT2D eigenvalue weighted by atomic mass is 10.6. The third-order valence-corrected chi connectivity index (χ3v) is 3.57. The molecular weight excluding hydrogens is 255 g/mol. The molecule has 0 unspecified atom stereocenters. The first kappa shape index (κ1) is 13.4. The normalized spacial score (nSPS) is 12.5. The fourth-order valence-electron chi connectivity index (χ4n) is 0.803. The monoisotopic (exact) mass is 270 g/mol. The Morgan fingerprint density at radius 3 is 2.15 bits per heavy atom. The molecule has 13 heavy (non-hydrogen) atoms. The molecule has 0 heterocycles. The summed E-state index contributed by atoms with van der Waals surface area (Å²) in [5.41, 5.74) is 0. The molecular formula is C8H16BrO3P. The highest BCUT2D eigenvalue weighted by molar-refractivity contribution is 9.09. The molecule has 0 fully saturated rings. The smallest absolute Gasteiger partial charge is 0.309 e.